The van der Waals surface area contributed by atoms with Gasteiger partial charge in [0.05, 0.1) is 5.57 Å². The summed E-state index contributed by atoms with van der Waals surface area (Å²) >= 11 is 0. The van der Waals surface area contributed by atoms with Crippen LogP contribution in [0.3, 0.4) is 0 Å². The molecule has 21 heavy (non-hydrogen) atoms. The maximum absolute atomic E-state index is 12.3. The highest BCUT2D eigenvalue weighted by Crippen LogP contribution is 2.31. The Morgan fingerprint density at radius 3 is 2.29 bits per heavy atom. The summed E-state index contributed by atoms with van der Waals surface area (Å²) in [6.45, 7) is 0. The monoisotopic (exact) mass is 281 g/mol. The second-order valence-electron chi connectivity index (χ2n) is 4.77. The number of nitrogens with two attached hydrogens (primary N) is 1. The Hall–Kier alpha value is -3.08. The third-order valence-corrected chi connectivity index (χ3v) is 3.33. The smallest absolute Gasteiger partial charge is 0.197 e. The Bertz CT molecular complexity index is 821. The second-order valence-corrected chi connectivity index (χ2v) is 4.77. The number of Topliss-reactive ketones (excluding diaryl/α,β-unsaturated/α-hetero) is 2. The molecule has 0 fully saturated rings. The first-order valence-electron chi connectivity index (χ1n) is 6.20. The number of ketones is 2. The van der Waals surface area contributed by atoms with Crippen LogP contribution in [-0.4, -0.2) is 21.8 Å². The summed E-state index contributed by atoms with van der Waals surface area (Å²) in [4.78, 5) is 24.5. The number of hydrogen-bond donors (Lipinski definition) is 3. The molecule has 4 N–H and O–H groups in total. The predicted molar refractivity (Wildman–Crippen MR) is 77.3 cm³/mol. The number of nitrogen functional groups attached to an aromatic ring is 1. The fourth-order valence-electron chi connectivity index (χ4n) is 2.27. The Balaban J connectivity index is 2.08. The van der Waals surface area contributed by atoms with E-state index in [2.05, 4.69) is 0 Å². The van der Waals surface area contributed by atoms with Gasteiger partial charge in [-0.15, -0.1) is 0 Å². The van der Waals surface area contributed by atoms with Crippen LogP contribution in [0.25, 0.3) is 6.08 Å². The summed E-state index contributed by atoms with van der Waals surface area (Å²) in [6.07, 6.45) is 1.39. The lowest BCUT2D eigenvalue weighted by Gasteiger charge is -1.99. The van der Waals surface area contributed by atoms with Gasteiger partial charge < -0.3 is 15.9 Å². The molecule has 2 aromatic rings. The molecule has 0 amide bonds. The number of benzene rings is 2. The van der Waals surface area contributed by atoms with E-state index >= 15 is 0 Å². The van der Waals surface area contributed by atoms with Crippen molar-refractivity contribution in [2.45, 2.75) is 0 Å². The highest BCUT2D eigenvalue weighted by atomic mass is 16.3. The van der Waals surface area contributed by atoms with E-state index in [0.29, 0.717) is 16.8 Å². The fourth-order valence-corrected chi connectivity index (χ4v) is 2.27. The standard InChI is InChI=1S/C16H11NO4/c17-9-2-3-10-11(7-9)16(21)12(15(10)20)5-8-1-4-13(18)14(19)6-8/h1-7,18-19H,17H2/b12-5+. The summed E-state index contributed by atoms with van der Waals surface area (Å²) < 4.78 is 0. The zero-order valence-corrected chi connectivity index (χ0v) is 10.8. The van der Waals surface area contributed by atoms with E-state index in [1.54, 1.807) is 6.07 Å². The number of phenolic OH excluding ortho intramolecular Hbond substituents is 2. The van der Waals surface area contributed by atoms with Crippen LogP contribution < -0.4 is 5.73 Å². The number of hydrogen-bond acceptors (Lipinski definition) is 5. The van der Waals surface area contributed by atoms with Crippen molar-refractivity contribution in [2.75, 3.05) is 5.73 Å². The number of allylic oxidation sites excluding steroid dienone is 1. The maximum Gasteiger partial charge on any atom is 0.197 e. The van der Waals surface area contributed by atoms with E-state index in [0.717, 1.165) is 0 Å². The quantitative estimate of drug-likeness (QED) is 0.322. The third kappa shape index (κ3) is 2.04. The van der Waals surface area contributed by atoms with E-state index < -0.39 is 5.78 Å². The lowest BCUT2D eigenvalue weighted by Crippen LogP contribution is -2.00. The van der Waals surface area contributed by atoms with Crippen molar-refractivity contribution in [3.8, 4) is 11.5 Å². The van der Waals surface area contributed by atoms with Crippen molar-refractivity contribution in [1.29, 1.82) is 0 Å². The molecule has 2 aromatic carbocycles. The van der Waals surface area contributed by atoms with Crippen molar-refractivity contribution in [1.82, 2.24) is 0 Å². The number of aromatic hydroxyl groups is 2. The molecule has 0 aromatic heterocycles. The molecule has 0 atom stereocenters. The summed E-state index contributed by atoms with van der Waals surface area (Å²) in [5.41, 5.74) is 7.11. The minimum atomic E-state index is -0.394. The van der Waals surface area contributed by atoms with Gasteiger partial charge in [-0.2, -0.15) is 0 Å². The molecule has 104 valence electrons. The normalized spacial score (nSPS) is 15.5. The van der Waals surface area contributed by atoms with Crippen molar-refractivity contribution in [2.24, 2.45) is 0 Å². The Morgan fingerprint density at radius 1 is 0.857 bits per heavy atom. The Kier molecular flexibility index (Phi) is 2.76. The van der Waals surface area contributed by atoms with E-state index in [9.17, 15) is 19.8 Å². The first-order valence-corrected chi connectivity index (χ1v) is 6.20. The van der Waals surface area contributed by atoms with Crippen molar-refractivity contribution < 1.29 is 19.8 Å². The number of rotatable bonds is 1. The van der Waals surface area contributed by atoms with Crippen LogP contribution in [0.5, 0.6) is 11.5 Å². The molecule has 0 aliphatic heterocycles. The first-order chi connectivity index (χ1) is 9.97. The number of carbonyl (C=O) groups is 2. The number of phenols is 2. The molecule has 3 rings (SSSR count). The van der Waals surface area contributed by atoms with Crippen LogP contribution in [0.1, 0.15) is 26.3 Å². The highest BCUT2D eigenvalue weighted by molar-refractivity contribution is 6.41. The van der Waals surface area contributed by atoms with Crippen molar-refractivity contribution >= 4 is 23.3 Å². The average Bonchev–Trinajstić information content (AvgIpc) is 2.68. The maximum atomic E-state index is 12.3. The molecule has 0 heterocycles. The molecule has 0 saturated carbocycles. The number of anilines is 1. The molecule has 0 radical (unpaired) electrons. The lowest BCUT2D eigenvalue weighted by molar-refractivity contribution is 0.0990. The van der Waals surface area contributed by atoms with Gasteiger partial charge in [0.1, 0.15) is 0 Å². The minimum Gasteiger partial charge on any atom is -0.504 e. The molecule has 0 unspecified atom stereocenters. The predicted octanol–water partition coefficient (Wildman–Crippen LogP) is 2.14. The van der Waals surface area contributed by atoms with Crippen LogP contribution in [0.4, 0.5) is 5.69 Å². The third-order valence-electron chi connectivity index (χ3n) is 3.33. The van der Waals surface area contributed by atoms with Gasteiger partial charge in [0.25, 0.3) is 0 Å². The summed E-state index contributed by atoms with van der Waals surface area (Å²) in [7, 11) is 0. The minimum absolute atomic E-state index is 0.0145. The summed E-state index contributed by atoms with van der Waals surface area (Å²) in [5, 5.41) is 18.7. The van der Waals surface area contributed by atoms with E-state index in [-0.39, 0.29) is 28.4 Å². The van der Waals surface area contributed by atoms with E-state index in [4.69, 9.17) is 5.73 Å². The number of carbonyl (C=O) groups excluding carboxylic acids is 2. The van der Waals surface area contributed by atoms with Gasteiger partial charge in [-0.25, -0.2) is 0 Å². The van der Waals surface area contributed by atoms with Gasteiger partial charge in [-0.1, -0.05) is 6.07 Å². The van der Waals surface area contributed by atoms with Crippen LogP contribution in [-0.2, 0) is 0 Å². The van der Waals surface area contributed by atoms with E-state index in [1.165, 1.54) is 36.4 Å². The molecule has 0 saturated heterocycles. The lowest BCUT2D eigenvalue weighted by atomic mass is 10.1. The fraction of sp³-hybridized carbons (Fsp3) is 0. The topological polar surface area (TPSA) is 101 Å². The molecule has 0 spiro atoms. The van der Waals surface area contributed by atoms with Gasteiger partial charge in [0.2, 0.25) is 0 Å². The second kappa shape index (κ2) is 4.49. The zero-order chi connectivity index (χ0) is 15.1. The SMILES string of the molecule is Nc1ccc2c(c1)C(=O)/C(=C/c1ccc(O)c(O)c1)C2=O. The Labute approximate surface area is 120 Å². The van der Waals surface area contributed by atoms with Crippen molar-refractivity contribution in [3.05, 3.63) is 58.7 Å². The summed E-state index contributed by atoms with van der Waals surface area (Å²) in [5.74, 6) is -1.35. The van der Waals surface area contributed by atoms with Crippen LogP contribution in [0, 0.1) is 0 Å². The molecule has 5 nitrogen and oxygen atoms in total. The molecule has 1 aliphatic carbocycles. The number of fused-ring (bicyclic) bond motifs is 1. The van der Waals surface area contributed by atoms with E-state index in [1.807, 2.05) is 0 Å². The van der Waals surface area contributed by atoms with Crippen molar-refractivity contribution in [3.63, 3.8) is 0 Å². The van der Waals surface area contributed by atoms with Gasteiger partial charge in [0.15, 0.2) is 23.1 Å². The van der Waals surface area contributed by atoms with Gasteiger partial charge in [-0.05, 0) is 42.0 Å². The molecular formula is C16H11NO4. The van der Waals surface area contributed by atoms with Gasteiger partial charge in [0, 0.05) is 16.8 Å². The molecule has 5 heteroatoms. The Morgan fingerprint density at radius 2 is 1.57 bits per heavy atom. The first kappa shape index (κ1) is 12.9. The average molecular weight is 281 g/mol. The largest absolute Gasteiger partial charge is 0.504 e. The van der Waals surface area contributed by atoms with Crippen LogP contribution >= 0.6 is 0 Å². The summed E-state index contributed by atoms with van der Waals surface area (Å²) in [6, 6.07) is 8.64. The molecular weight excluding hydrogens is 270 g/mol. The van der Waals surface area contributed by atoms with Crippen LogP contribution in [0.15, 0.2) is 42.0 Å². The molecule has 1 aliphatic rings. The molecule has 0 bridgehead atoms. The zero-order valence-electron chi connectivity index (χ0n) is 10.8. The van der Waals surface area contributed by atoms with Gasteiger partial charge >= 0.3 is 0 Å². The highest BCUT2D eigenvalue weighted by Gasteiger charge is 2.33. The van der Waals surface area contributed by atoms with Gasteiger partial charge in [-0.3, -0.25) is 9.59 Å². The van der Waals surface area contributed by atoms with Crippen LogP contribution in [0.2, 0.25) is 0 Å².